The summed E-state index contributed by atoms with van der Waals surface area (Å²) in [6.45, 7) is 1.86. The number of aliphatic hydroxyl groups excluding tert-OH is 1. The maximum atomic E-state index is 13.1. The predicted octanol–water partition coefficient (Wildman–Crippen LogP) is 9.74. The second kappa shape index (κ2) is 13.4. The first kappa shape index (κ1) is 31.7. The number of alkyl halides is 6. The summed E-state index contributed by atoms with van der Waals surface area (Å²) >= 11 is 5.97. The SMILES string of the molecule is CCc1cc(Oc2cccc(C(NCC(O)c3ccc(C(F)(F)F)cc3)c3cccc(SC(F)(F)F)c3)c2)ccc1Cl. The minimum absolute atomic E-state index is 0.0178. The molecule has 11 heteroatoms. The third-order valence-electron chi connectivity index (χ3n) is 6.39. The smallest absolute Gasteiger partial charge is 0.446 e. The van der Waals surface area contributed by atoms with E-state index in [1.54, 1.807) is 42.5 Å². The average Bonchev–Trinajstić information content (AvgIpc) is 2.93. The van der Waals surface area contributed by atoms with Gasteiger partial charge in [0.1, 0.15) is 11.5 Å². The molecule has 0 fully saturated rings. The maximum Gasteiger partial charge on any atom is 0.446 e. The molecule has 2 N–H and O–H groups in total. The van der Waals surface area contributed by atoms with Gasteiger partial charge in [-0.15, -0.1) is 0 Å². The van der Waals surface area contributed by atoms with Crippen molar-refractivity contribution in [1.82, 2.24) is 5.32 Å². The minimum Gasteiger partial charge on any atom is -0.457 e. The van der Waals surface area contributed by atoms with Crippen LogP contribution in [-0.4, -0.2) is 17.2 Å². The van der Waals surface area contributed by atoms with Gasteiger partial charge < -0.3 is 15.2 Å². The Balaban J connectivity index is 1.62. The van der Waals surface area contributed by atoms with E-state index in [1.807, 2.05) is 13.0 Å². The summed E-state index contributed by atoms with van der Waals surface area (Å²) < 4.78 is 84.2. The highest BCUT2D eigenvalue weighted by atomic mass is 35.5. The van der Waals surface area contributed by atoms with Gasteiger partial charge in [0.15, 0.2) is 0 Å². The lowest BCUT2D eigenvalue weighted by Gasteiger charge is -2.23. The third-order valence-corrected chi connectivity index (χ3v) is 7.48. The Morgan fingerprint density at radius 3 is 2.10 bits per heavy atom. The molecule has 0 bridgehead atoms. The minimum atomic E-state index is -4.51. The van der Waals surface area contributed by atoms with E-state index in [4.69, 9.17) is 16.3 Å². The molecule has 0 aromatic heterocycles. The Bertz CT molecular complexity index is 1490. The molecule has 0 aliphatic carbocycles. The van der Waals surface area contributed by atoms with Gasteiger partial charge in [0.2, 0.25) is 0 Å². The highest BCUT2D eigenvalue weighted by Crippen LogP contribution is 2.38. The van der Waals surface area contributed by atoms with Gasteiger partial charge in [-0.05, 0) is 95.0 Å². The predicted molar refractivity (Wildman–Crippen MR) is 152 cm³/mol. The molecule has 0 amide bonds. The topological polar surface area (TPSA) is 41.5 Å². The zero-order valence-corrected chi connectivity index (χ0v) is 23.7. The van der Waals surface area contributed by atoms with E-state index in [9.17, 15) is 31.4 Å². The van der Waals surface area contributed by atoms with Crippen LogP contribution in [0.4, 0.5) is 26.3 Å². The molecule has 4 rings (SSSR count). The van der Waals surface area contributed by atoms with Gasteiger partial charge in [-0.2, -0.15) is 26.3 Å². The Labute approximate surface area is 248 Å². The van der Waals surface area contributed by atoms with Gasteiger partial charge in [0.05, 0.1) is 17.7 Å². The molecule has 4 aromatic carbocycles. The van der Waals surface area contributed by atoms with Gasteiger partial charge in [0.25, 0.3) is 0 Å². The molecule has 0 spiro atoms. The lowest BCUT2D eigenvalue weighted by atomic mass is 9.97. The van der Waals surface area contributed by atoms with Gasteiger partial charge in [-0.25, -0.2) is 0 Å². The van der Waals surface area contributed by atoms with Crippen molar-refractivity contribution in [3.05, 3.63) is 124 Å². The molecule has 4 aromatic rings. The van der Waals surface area contributed by atoms with Crippen molar-refractivity contribution in [2.75, 3.05) is 6.54 Å². The molecule has 42 heavy (non-hydrogen) atoms. The Morgan fingerprint density at radius 2 is 1.45 bits per heavy atom. The third kappa shape index (κ3) is 8.67. The number of nitrogens with one attached hydrogen (secondary N) is 1. The summed E-state index contributed by atoms with van der Waals surface area (Å²) in [5.74, 6) is 1.02. The standard InChI is InChI=1S/C31H26ClF6NO2S/c1-2-19-15-25(13-14-27(19)32)41-24-7-3-5-21(16-24)29(22-6-4-8-26(17-22)42-31(36,37)38)39-18-28(40)20-9-11-23(12-10-20)30(33,34)35/h3-17,28-29,39-40H,2,18H2,1H3. The summed E-state index contributed by atoms with van der Waals surface area (Å²) in [7, 11) is 0. The van der Waals surface area contributed by atoms with Crippen LogP contribution in [0.5, 0.6) is 11.5 Å². The average molecular weight is 626 g/mol. The van der Waals surface area contributed by atoms with Crippen molar-refractivity contribution in [2.45, 2.75) is 42.1 Å². The van der Waals surface area contributed by atoms with Crippen molar-refractivity contribution in [2.24, 2.45) is 0 Å². The quantitative estimate of drug-likeness (QED) is 0.136. The van der Waals surface area contributed by atoms with E-state index in [0.29, 0.717) is 34.1 Å². The maximum absolute atomic E-state index is 13.1. The fourth-order valence-corrected chi connectivity index (χ4v) is 5.20. The molecular formula is C31H26ClF6NO2S. The Hall–Kier alpha value is -3.18. The molecule has 0 saturated carbocycles. The monoisotopic (exact) mass is 625 g/mol. The van der Waals surface area contributed by atoms with E-state index in [1.165, 1.54) is 30.3 Å². The van der Waals surface area contributed by atoms with Crippen molar-refractivity contribution in [3.8, 4) is 11.5 Å². The molecule has 2 atom stereocenters. The first-order valence-corrected chi connectivity index (χ1v) is 14.0. The van der Waals surface area contributed by atoms with Crippen LogP contribution >= 0.6 is 23.4 Å². The summed E-state index contributed by atoms with van der Waals surface area (Å²) in [6.07, 6.45) is -5.00. The highest BCUT2D eigenvalue weighted by Gasteiger charge is 2.31. The van der Waals surface area contributed by atoms with E-state index in [2.05, 4.69) is 5.32 Å². The van der Waals surface area contributed by atoms with Crippen LogP contribution in [0.1, 0.15) is 46.9 Å². The second-order valence-electron chi connectivity index (χ2n) is 9.38. The van der Waals surface area contributed by atoms with E-state index in [-0.39, 0.29) is 28.8 Å². The lowest BCUT2D eigenvalue weighted by molar-refractivity contribution is -0.137. The van der Waals surface area contributed by atoms with Crippen LogP contribution in [0.2, 0.25) is 5.02 Å². The number of hydrogen-bond acceptors (Lipinski definition) is 4. The number of benzene rings is 4. The molecule has 0 saturated heterocycles. The molecular weight excluding hydrogens is 600 g/mol. The molecule has 2 unspecified atom stereocenters. The second-order valence-corrected chi connectivity index (χ2v) is 10.9. The van der Waals surface area contributed by atoms with Crippen molar-refractivity contribution >= 4 is 23.4 Å². The zero-order chi connectivity index (χ0) is 30.5. The van der Waals surface area contributed by atoms with E-state index in [0.717, 1.165) is 17.7 Å². The number of halogens is 7. The zero-order valence-electron chi connectivity index (χ0n) is 22.1. The summed E-state index contributed by atoms with van der Waals surface area (Å²) in [6, 6.07) is 21.6. The fraction of sp³-hybridized carbons (Fsp3) is 0.226. The lowest BCUT2D eigenvalue weighted by Crippen LogP contribution is -2.27. The summed E-state index contributed by atoms with van der Waals surface area (Å²) in [5.41, 5.74) is -3.05. The molecule has 0 heterocycles. The van der Waals surface area contributed by atoms with Crippen LogP contribution in [0.3, 0.4) is 0 Å². The van der Waals surface area contributed by atoms with Crippen LogP contribution in [-0.2, 0) is 12.6 Å². The van der Waals surface area contributed by atoms with Crippen LogP contribution in [0.15, 0.2) is 95.9 Å². The number of thioether (sulfide) groups is 1. The summed E-state index contributed by atoms with van der Waals surface area (Å²) in [4.78, 5) is -0.0178. The molecule has 222 valence electrons. The van der Waals surface area contributed by atoms with Crippen LogP contribution in [0, 0.1) is 0 Å². The summed E-state index contributed by atoms with van der Waals surface area (Å²) in [5, 5.41) is 14.5. The van der Waals surface area contributed by atoms with Crippen molar-refractivity contribution in [1.29, 1.82) is 0 Å². The van der Waals surface area contributed by atoms with Crippen molar-refractivity contribution in [3.63, 3.8) is 0 Å². The number of aliphatic hydroxyl groups is 1. The molecule has 3 nitrogen and oxygen atoms in total. The fourth-order valence-electron chi connectivity index (χ4n) is 4.34. The first-order valence-electron chi connectivity index (χ1n) is 12.8. The van der Waals surface area contributed by atoms with E-state index < -0.39 is 29.4 Å². The number of hydrogen-bond donors (Lipinski definition) is 2. The van der Waals surface area contributed by atoms with Gasteiger partial charge in [-0.1, -0.05) is 54.9 Å². The highest BCUT2D eigenvalue weighted by molar-refractivity contribution is 8.00. The molecule has 0 radical (unpaired) electrons. The van der Waals surface area contributed by atoms with E-state index >= 15 is 0 Å². The Morgan fingerprint density at radius 1 is 0.810 bits per heavy atom. The Kier molecular flexibility index (Phi) is 10.1. The van der Waals surface area contributed by atoms with Crippen LogP contribution in [0.25, 0.3) is 0 Å². The normalized spacial score (nSPS) is 13.5. The van der Waals surface area contributed by atoms with Crippen molar-refractivity contribution < 1.29 is 36.2 Å². The van der Waals surface area contributed by atoms with Gasteiger partial charge in [-0.3, -0.25) is 0 Å². The number of rotatable bonds is 10. The first-order chi connectivity index (χ1) is 19.8. The molecule has 0 aliphatic rings. The largest absolute Gasteiger partial charge is 0.457 e. The number of ether oxygens (including phenoxy) is 1. The molecule has 0 aliphatic heterocycles. The van der Waals surface area contributed by atoms with Gasteiger partial charge >= 0.3 is 11.7 Å². The van der Waals surface area contributed by atoms with Crippen LogP contribution < -0.4 is 10.1 Å². The number of aryl methyl sites for hydroxylation is 1. The van der Waals surface area contributed by atoms with Gasteiger partial charge in [0, 0.05) is 16.5 Å².